The van der Waals surface area contributed by atoms with Crippen molar-refractivity contribution >= 4 is 28.6 Å². The van der Waals surface area contributed by atoms with Crippen LogP contribution in [0, 0.1) is 10.1 Å². The molecular weight excluding hydrogens is 338 g/mol. The highest BCUT2D eigenvalue weighted by Gasteiger charge is 2.16. The first kappa shape index (κ1) is 15.4. The fourth-order valence-electron chi connectivity index (χ4n) is 1.89. The zero-order valence-corrected chi connectivity index (χ0v) is 13.3. The average Bonchev–Trinajstić information content (AvgIpc) is 3.03. The highest BCUT2D eigenvalue weighted by molar-refractivity contribution is 7.13. The lowest BCUT2D eigenvalue weighted by Gasteiger charge is -2.05. The lowest BCUT2D eigenvalue weighted by Crippen LogP contribution is -1.99. The minimum atomic E-state index is -0.526. The minimum Gasteiger partial charge on any atom is -0.480 e. The van der Waals surface area contributed by atoms with Gasteiger partial charge in [-0.3, -0.25) is 15.1 Å². The average molecular weight is 348 g/mol. The molecule has 0 atom stereocenters. The summed E-state index contributed by atoms with van der Waals surface area (Å²) < 4.78 is 5.51. The molecule has 116 valence electrons. The molecule has 3 rings (SSSR count). The lowest BCUT2D eigenvalue weighted by atomic mass is 10.3. The van der Waals surface area contributed by atoms with Crippen LogP contribution in [0.25, 0.3) is 10.7 Å². The Labute approximate surface area is 140 Å². The van der Waals surface area contributed by atoms with Gasteiger partial charge in [0.2, 0.25) is 0 Å². The summed E-state index contributed by atoms with van der Waals surface area (Å²) in [5.41, 5.74) is 1.29. The molecule has 2 aromatic heterocycles. The maximum atomic E-state index is 11.0. The van der Waals surface area contributed by atoms with Crippen LogP contribution in [0.1, 0.15) is 5.69 Å². The first-order valence-corrected chi connectivity index (χ1v) is 7.82. The predicted octanol–water partition coefficient (Wildman–Crippen LogP) is 4.35. The van der Waals surface area contributed by atoms with Gasteiger partial charge >= 0.3 is 5.69 Å². The van der Waals surface area contributed by atoms with E-state index in [-0.39, 0.29) is 23.1 Å². The number of nitrogens with zero attached hydrogens (tertiary/aromatic N) is 3. The van der Waals surface area contributed by atoms with Crippen LogP contribution in [0.15, 0.2) is 48.0 Å². The van der Waals surface area contributed by atoms with Gasteiger partial charge in [0.05, 0.1) is 16.3 Å². The largest absolute Gasteiger partial charge is 0.480 e. The second-order valence-corrected chi connectivity index (χ2v) is 5.81. The van der Waals surface area contributed by atoms with Crippen molar-refractivity contribution in [3.8, 4) is 16.5 Å². The maximum Gasteiger partial charge on any atom is 0.312 e. The van der Waals surface area contributed by atoms with Gasteiger partial charge in [-0.1, -0.05) is 17.7 Å². The van der Waals surface area contributed by atoms with Crippen molar-refractivity contribution in [3.63, 3.8) is 0 Å². The van der Waals surface area contributed by atoms with Crippen LogP contribution < -0.4 is 4.74 Å². The topological polar surface area (TPSA) is 78.2 Å². The molecule has 0 amide bonds. The SMILES string of the molecule is O=[N+]([O-])c1cc(Cl)ccc1OCc1csc(-c2ccccn2)n1. The molecule has 23 heavy (non-hydrogen) atoms. The van der Waals surface area contributed by atoms with Crippen LogP contribution >= 0.6 is 22.9 Å². The van der Waals surface area contributed by atoms with Gasteiger partial charge in [-0.2, -0.15) is 0 Å². The lowest BCUT2D eigenvalue weighted by molar-refractivity contribution is -0.385. The molecule has 8 heteroatoms. The van der Waals surface area contributed by atoms with Crippen molar-refractivity contribution in [3.05, 3.63) is 68.8 Å². The first-order chi connectivity index (χ1) is 11.1. The van der Waals surface area contributed by atoms with Crippen LogP contribution in [0.4, 0.5) is 5.69 Å². The van der Waals surface area contributed by atoms with E-state index in [1.165, 1.54) is 23.5 Å². The van der Waals surface area contributed by atoms with Crippen molar-refractivity contribution in [2.75, 3.05) is 0 Å². The Hall–Kier alpha value is -2.51. The Balaban J connectivity index is 1.75. The summed E-state index contributed by atoms with van der Waals surface area (Å²) in [6.45, 7) is 0.131. The number of hydrogen-bond donors (Lipinski definition) is 0. The number of aromatic nitrogens is 2. The van der Waals surface area contributed by atoms with Gasteiger partial charge in [0.1, 0.15) is 11.6 Å². The third kappa shape index (κ3) is 3.64. The van der Waals surface area contributed by atoms with Gasteiger partial charge in [0, 0.05) is 22.7 Å². The van der Waals surface area contributed by atoms with E-state index in [4.69, 9.17) is 16.3 Å². The van der Waals surface area contributed by atoms with E-state index in [0.717, 1.165) is 10.7 Å². The van der Waals surface area contributed by atoms with Crippen molar-refractivity contribution < 1.29 is 9.66 Å². The molecule has 1 aromatic carbocycles. The summed E-state index contributed by atoms with van der Waals surface area (Å²) in [6, 6.07) is 9.87. The van der Waals surface area contributed by atoms with Gasteiger partial charge in [0.25, 0.3) is 0 Å². The van der Waals surface area contributed by atoms with Gasteiger partial charge in [-0.05, 0) is 24.3 Å². The highest BCUT2D eigenvalue weighted by atomic mass is 35.5. The molecule has 0 aliphatic heterocycles. The van der Waals surface area contributed by atoms with Gasteiger partial charge in [0.15, 0.2) is 5.75 Å². The van der Waals surface area contributed by atoms with E-state index in [2.05, 4.69) is 9.97 Å². The number of rotatable bonds is 5. The number of ether oxygens (including phenoxy) is 1. The maximum absolute atomic E-state index is 11.0. The molecule has 0 bridgehead atoms. The van der Waals surface area contributed by atoms with Gasteiger partial charge in [-0.15, -0.1) is 11.3 Å². The zero-order valence-electron chi connectivity index (χ0n) is 11.7. The van der Waals surface area contributed by atoms with Crippen LogP contribution in [-0.2, 0) is 6.61 Å². The molecule has 0 N–H and O–H groups in total. The standard InChI is InChI=1S/C15H10ClN3O3S/c16-10-4-5-14(13(7-10)19(20)21)22-8-11-9-23-15(18-11)12-3-1-2-6-17-12/h1-7,9H,8H2. The molecule has 3 aromatic rings. The van der Waals surface area contributed by atoms with Crippen LogP contribution in [-0.4, -0.2) is 14.9 Å². The first-order valence-electron chi connectivity index (χ1n) is 6.56. The third-order valence-electron chi connectivity index (χ3n) is 2.93. The fourth-order valence-corrected chi connectivity index (χ4v) is 2.83. The molecule has 2 heterocycles. The molecule has 0 aliphatic carbocycles. The normalized spacial score (nSPS) is 10.5. The van der Waals surface area contributed by atoms with Crippen LogP contribution in [0.3, 0.4) is 0 Å². The fraction of sp³-hybridized carbons (Fsp3) is 0.0667. The van der Waals surface area contributed by atoms with E-state index in [1.807, 2.05) is 23.6 Å². The Morgan fingerprint density at radius 1 is 1.30 bits per heavy atom. The quantitative estimate of drug-likeness (QED) is 0.506. The summed E-state index contributed by atoms with van der Waals surface area (Å²) in [4.78, 5) is 19.1. The minimum absolute atomic E-state index is 0.131. The number of hydrogen-bond acceptors (Lipinski definition) is 6. The predicted molar refractivity (Wildman–Crippen MR) is 87.8 cm³/mol. The van der Waals surface area contributed by atoms with Crippen molar-refractivity contribution in [2.45, 2.75) is 6.61 Å². The number of thiazole rings is 1. The molecule has 0 unspecified atom stereocenters. The van der Waals surface area contributed by atoms with Crippen LogP contribution in [0.5, 0.6) is 5.75 Å². The Kier molecular flexibility index (Phi) is 4.50. The summed E-state index contributed by atoms with van der Waals surface area (Å²) in [6.07, 6.45) is 1.70. The van der Waals surface area contributed by atoms with E-state index in [9.17, 15) is 10.1 Å². The molecule has 0 fully saturated rings. The molecule has 0 spiro atoms. The Morgan fingerprint density at radius 2 is 2.17 bits per heavy atom. The summed E-state index contributed by atoms with van der Waals surface area (Å²) >= 11 is 7.21. The van der Waals surface area contributed by atoms with E-state index < -0.39 is 4.92 Å². The molecule has 0 saturated carbocycles. The van der Waals surface area contributed by atoms with Crippen molar-refractivity contribution in [1.29, 1.82) is 0 Å². The second kappa shape index (κ2) is 6.72. The molecule has 0 saturated heterocycles. The number of pyridine rings is 1. The van der Waals surface area contributed by atoms with E-state index in [1.54, 1.807) is 12.3 Å². The van der Waals surface area contributed by atoms with Crippen LogP contribution in [0.2, 0.25) is 5.02 Å². The molecule has 6 nitrogen and oxygen atoms in total. The monoisotopic (exact) mass is 347 g/mol. The number of nitro benzene ring substituents is 1. The van der Waals surface area contributed by atoms with E-state index >= 15 is 0 Å². The number of halogens is 1. The second-order valence-electron chi connectivity index (χ2n) is 4.52. The zero-order chi connectivity index (χ0) is 16.2. The molecular formula is C15H10ClN3O3S. The third-order valence-corrected chi connectivity index (χ3v) is 4.08. The summed E-state index contributed by atoms with van der Waals surface area (Å²) in [5.74, 6) is 0.159. The van der Waals surface area contributed by atoms with Gasteiger partial charge < -0.3 is 4.74 Å². The number of benzene rings is 1. The number of nitro groups is 1. The van der Waals surface area contributed by atoms with E-state index in [0.29, 0.717) is 5.69 Å². The van der Waals surface area contributed by atoms with Crippen molar-refractivity contribution in [1.82, 2.24) is 9.97 Å². The molecule has 0 radical (unpaired) electrons. The smallest absolute Gasteiger partial charge is 0.312 e. The van der Waals surface area contributed by atoms with Gasteiger partial charge in [-0.25, -0.2) is 4.98 Å². The summed E-state index contributed by atoms with van der Waals surface area (Å²) in [7, 11) is 0. The highest BCUT2D eigenvalue weighted by Crippen LogP contribution is 2.31. The Morgan fingerprint density at radius 3 is 2.91 bits per heavy atom. The van der Waals surface area contributed by atoms with Crippen molar-refractivity contribution in [2.24, 2.45) is 0 Å². The molecule has 0 aliphatic rings. The summed E-state index contributed by atoms with van der Waals surface area (Å²) in [5, 5.41) is 13.9. The Bertz CT molecular complexity index is 839.